The van der Waals surface area contributed by atoms with Crippen molar-refractivity contribution < 1.29 is 18.7 Å². The molecule has 1 aliphatic carbocycles. The number of anilines is 1. The van der Waals surface area contributed by atoms with Gasteiger partial charge < -0.3 is 19.8 Å². The van der Waals surface area contributed by atoms with Gasteiger partial charge in [-0.3, -0.25) is 9.59 Å². The lowest BCUT2D eigenvalue weighted by atomic mass is 10.1. The Kier molecular flexibility index (Phi) is 4.96. The summed E-state index contributed by atoms with van der Waals surface area (Å²) in [5, 5.41) is 6.67. The minimum Gasteiger partial charge on any atom is -0.497 e. The molecule has 1 aromatic carbocycles. The number of ether oxygens (including phenoxy) is 1. The zero-order valence-electron chi connectivity index (χ0n) is 16.6. The van der Waals surface area contributed by atoms with Gasteiger partial charge in [-0.1, -0.05) is 0 Å². The molecule has 1 atom stereocenters. The van der Waals surface area contributed by atoms with E-state index in [4.69, 9.17) is 9.15 Å². The molecule has 4 rings (SSSR count). The summed E-state index contributed by atoms with van der Waals surface area (Å²) >= 11 is 0. The van der Waals surface area contributed by atoms with Gasteiger partial charge in [-0.25, -0.2) is 4.98 Å². The molecule has 0 radical (unpaired) electrons. The fraction of sp³-hybridized carbons (Fsp3) is 0.318. The molecule has 0 saturated heterocycles. The Morgan fingerprint density at radius 1 is 1.24 bits per heavy atom. The van der Waals surface area contributed by atoms with Crippen LogP contribution in [0.4, 0.5) is 5.82 Å². The van der Waals surface area contributed by atoms with E-state index >= 15 is 0 Å². The number of hydrogen-bond acceptors (Lipinski definition) is 5. The maximum atomic E-state index is 12.7. The summed E-state index contributed by atoms with van der Waals surface area (Å²) in [6.07, 6.45) is 3.33. The van der Waals surface area contributed by atoms with Crippen molar-refractivity contribution in [3.05, 3.63) is 53.4 Å². The zero-order valence-corrected chi connectivity index (χ0v) is 16.6. The number of methoxy groups -OCH3 is 1. The Balaban J connectivity index is 1.50. The molecule has 0 aliphatic heterocycles. The van der Waals surface area contributed by atoms with Crippen molar-refractivity contribution in [1.82, 2.24) is 10.3 Å². The van der Waals surface area contributed by atoms with Gasteiger partial charge >= 0.3 is 0 Å². The van der Waals surface area contributed by atoms with Gasteiger partial charge in [0.25, 0.3) is 5.91 Å². The molecule has 29 heavy (non-hydrogen) atoms. The predicted octanol–water partition coefficient (Wildman–Crippen LogP) is 3.98. The SMILES string of the molecule is COc1ccc2oc(C(C)NC(=O)c3ccnc(NC(=O)C4CC4)c3)c(C)c2c1. The van der Waals surface area contributed by atoms with Crippen molar-refractivity contribution in [1.29, 1.82) is 0 Å². The van der Waals surface area contributed by atoms with Crippen molar-refractivity contribution in [3.63, 3.8) is 0 Å². The first kappa shape index (κ1) is 19.0. The third-order valence-corrected chi connectivity index (χ3v) is 5.14. The van der Waals surface area contributed by atoms with Gasteiger partial charge in [0.05, 0.1) is 13.2 Å². The molecule has 150 valence electrons. The number of carbonyl (C=O) groups excluding carboxylic acids is 2. The molecular formula is C22H23N3O4. The Bertz CT molecular complexity index is 1080. The summed E-state index contributed by atoms with van der Waals surface area (Å²) in [5.74, 6) is 1.59. The fourth-order valence-electron chi connectivity index (χ4n) is 3.32. The fourth-order valence-corrected chi connectivity index (χ4v) is 3.32. The normalized spacial score (nSPS) is 14.4. The van der Waals surface area contributed by atoms with E-state index < -0.39 is 0 Å². The first-order valence-electron chi connectivity index (χ1n) is 9.61. The van der Waals surface area contributed by atoms with Crippen LogP contribution in [0.5, 0.6) is 5.75 Å². The second-order valence-electron chi connectivity index (χ2n) is 7.34. The summed E-state index contributed by atoms with van der Waals surface area (Å²) in [4.78, 5) is 28.8. The topological polar surface area (TPSA) is 93.5 Å². The number of nitrogens with zero attached hydrogens (tertiary/aromatic N) is 1. The number of benzene rings is 1. The largest absolute Gasteiger partial charge is 0.497 e. The van der Waals surface area contributed by atoms with Crippen LogP contribution in [0.2, 0.25) is 0 Å². The molecule has 1 unspecified atom stereocenters. The van der Waals surface area contributed by atoms with Gasteiger partial charge in [0.1, 0.15) is 22.9 Å². The molecule has 2 heterocycles. The number of amides is 2. The molecule has 7 nitrogen and oxygen atoms in total. The number of aromatic nitrogens is 1. The molecule has 0 spiro atoms. The van der Waals surface area contributed by atoms with Crippen molar-refractivity contribution in [2.75, 3.05) is 12.4 Å². The molecule has 1 fully saturated rings. The van der Waals surface area contributed by atoms with E-state index in [1.807, 2.05) is 32.0 Å². The molecule has 2 aromatic heterocycles. The standard InChI is InChI=1S/C22H23N3O4/c1-12-17-11-16(28-3)6-7-18(17)29-20(12)13(2)24-22(27)15-8-9-23-19(10-15)25-21(26)14-4-5-14/h6-11,13-14H,4-5H2,1-3H3,(H,24,27)(H,23,25,26). The van der Waals surface area contributed by atoms with Gasteiger partial charge in [0.15, 0.2) is 0 Å². The summed E-state index contributed by atoms with van der Waals surface area (Å²) in [6.45, 7) is 3.83. The number of pyridine rings is 1. The van der Waals surface area contributed by atoms with Crippen LogP contribution in [0.15, 0.2) is 40.9 Å². The Morgan fingerprint density at radius 2 is 2.03 bits per heavy atom. The lowest BCUT2D eigenvalue weighted by Crippen LogP contribution is -2.27. The minimum absolute atomic E-state index is 0.0447. The Hall–Kier alpha value is -3.35. The average Bonchev–Trinajstić information content (AvgIpc) is 3.52. The van der Waals surface area contributed by atoms with Crippen LogP contribution in [0.25, 0.3) is 11.0 Å². The lowest BCUT2D eigenvalue weighted by molar-refractivity contribution is -0.117. The smallest absolute Gasteiger partial charge is 0.252 e. The van der Waals surface area contributed by atoms with E-state index in [2.05, 4.69) is 15.6 Å². The highest BCUT2D eigenvalue weighted by atomic mass is 16.5. The van der Waals surface area contributed by atoms with Crippen LogP contribution in [-0.4, -0.2) is 23.9 Å². The van der Waals surface area contributed by atoms with E-state index in [9.17, 15) is 9.59 Å². The maximum Gasteiger partial charge on any atom is 0.252 e. The summed E-state index contributed by atoms with van der Waals surface area (Å²) in [6, 6.07) is 8.48. The monoisotopic (exact) mass is 393 g/mol. The molecule has 2 amide bonds. The summed E-state index contributed by atoms with van der Waals surface area (Å²) in [5.41, 5.74) is 2.13. The number of furan rings is 1. The second kappa shape index (κ2) is 7.58. The van der Waals surface area contributed by atoms with Crippen LogP contribution in [-0.2, 0) is 4.79 Å². The number of rotatable bonds is 6. The number of aryl methyl sites for hydroxylation is 1. The number of nitrogens with one attached hydrogen (secondary N) is 2. The Morgan fingerprint density at radius 3 is 2.76 bits per heavy atom. The first-order valence-corrected chi connectivity index (χ1v) is 9.61. The predicted molar refractivity (Wildman–Crippen MR) is 109 cm³/mol. The van der Waals surface area contributed by atoms with Crippen LogP contribution in [0.1, 0.15) is 47.5 Å². The van der Waals surface area contributed by atoms with E-state index in [-0.39, 0.29) is 23.8 Å². The van der Waals surface area contributed by atoms with Crippen molar-refractivity contribution >= 4 is 28.6 Å². The second-order valence-corrected chi connectivity index (χ2v) is 7.34. The molecule has 1 aliphatic rings. The van der Waals surface area contributed by atoms with E-state index in [0.29, 0.717) is 17.1 Å². The highest BCUT2D eigenvalue weighted by molar-refractivity contribution is 5.97. The number of fused-ring (bicyclic) bond motifs is 1. The third kappa shape index (κ3) is 3.94. The number of hydrogen-bond donors (Lipinski definition) is 2. The van der Waals surface area contributed by atoms with Crippen molar-refractivity contribution in [2.45, 2.75) is 32.7 Å². The first-order chi connectivity index (χ1) is 14.0. The molecular weight excluding hydrogens is 370 g/mol. The Labute approximate surface area is 168 Å². The molecule has 2 N–H and O–H groups in total. The molecule has 0 bridgehead atoms. The van der Waals surface area contributed by atoms with Crippen LogP contribution in [0.3, 0.4) is 0 Å². The average molecular weight is 393 g/mol. The highest BCUT2D eigenvalue weighted by Crippen LogP contribution is 2.32. The van der Waals surface area contributed by atoms with Gasteiger partial charge in [0, 0.05) is 28.6 Å². The van der Waals surface area contributed by atoms with E-state index in [0.717, 1.165) is 35.1 Å². The van der Waals surface area contributed by atoms with Gasteiger partial charge in [0.2, 0.25) is 5.91 Å². The molecule has 3 aromatic rings. The number of carbonyl (C=O) groups is 2. The van der Waals surface area contributed by atoms with Crippen LogP contribution < -0.4 is 15.4 Å². The minimum atomic E-state index is -0.335. The van der Waals surface area contributed by atoms with E-state index in [1.165, 1.54) is 6.20 Å². The lowest BCUT2D eigenvalue weighted by Gasteiger charge is -2.13. The van der Waals surface area contributed by atoms with Crippen molar-refractivity contribution in [2.24, 2.45) is 5.92 Å². The maximum absolute atomic E-state index is 12.7. The van der Waals surface area contributed by atoms with Gasteiger partial charge in [-0.15, -0.1) is 0 Å². The highest BCUT2D eigenvalue weighted by Gasteiger charge is 2.30. The van der Waals surface area contributed by atoms with Gasteiger partial charge in [-0.05, 0) is 57.0 Å². The third-order valence-electron chi connectivity index (χ3n) is 5.14. The molecule has 7 heteroatoms. The summed E-state index contributed by atoms with van der Waals surface area (Å²) in [7, 11) is 1.62. The zero-order chi connectivity index (χ0) is 20.5. The van der Waals surface area contributed by atoms with Crippen LogP contribution in [0, 0.1) is 12.8 Å². The molecule has 1 saturated carbocycles. The van der Waals surface area contributed by atoms with Crippen molar-refractivity contribution in [3.8, 4) is 5.75 Å². The summed E-state index contributed by atoms with van der Waals surface area (Å²) < 4.78 is 11.2. The van der Waals surface area contributed by atoms with E-state index in [1.54, 1.807) is 19.2 Å². The van der Waals surface area contributed by atoms with Crippen LogP contribution >= 0.6 is 0 Å². The quantitative estimate of drug-likeness (QED) is 0.661. The van der Waals surface area contributed by atoms with Gasteiger partial charge in [-0.2, -0.15) is 0 Å².